The maximum Gasteiger partial charge on any atom is 0.246 e. The van der Waals surface area contributed by atoms with Gasteiger partial charge in [-0.3, -0.25) is 0 Å². The Hall–Kier alpha value is -1.11. The molecule has 1 fully saturated rings. The Morgan fingerprint density at radius 3 is 2.57 bits per heavy atom. The molecule has 0 atom stereocenters. The van der Waals surface area contributed by atoms with Gasteiger partial charge in [-0.2, -0.15) is 0 Å². The van der Waals surface area contributed by atoms with Crippen molar-refractivity contribution in [2.45, 2.75) is 37.2 Å². The number of methoxy groups -OCH3 is 1. The highest BCUT2D eigenvalue weighted by Gasteiger charge is 2.28. The van der Waals surface area contributed by atoms with Crippen LogP contribution in [0.5, 0.6) is 5.75 Å². The molecule has 0 bridgehead atoms. The summed E-state index contributed by atoms with van der Waals surface area (Å²) in [5, 5.41) is 9.21. The Morgan fingerprint density at radius 1 is 1.33 bits per heavy atom. The summed E-state index contributed by atoms with van der Waals surface area (Å²) in [7, 11) is -0.546. The molecule has 1 N–H and O–H groups in total. The van der Waals surface area contributed by atoms with Crippen molar-refractivity contribution >= 4 is 10.0 Å². The average molecular weight is 313 g/mol. The Labute approximate surface area is 126 Å². The van der Waals surface area contributed by atoms with E-state index >= 15 is 0 Å². The van der Waals surface area contributed by atoms with E-state index in [9.17, 15) is 13.5 Å². The number of ether oxygens (including phenoxy) is 1. The number of nitrogens with zero attached hydrogens (tertiary/aromatic N) is 1. The van der Waals surface area contributed by atoms with Crippen molar-refractivity contribution in [1.29, 1.82) is 0 Å². The van der Waals surface area contributed by atoms with Crippen LogP contribution in [0.4, 0.5) is 0 Å². The first-order valence-corrected chi connectivity index (χ1v) is 8.67. The van der Waals surface area contributed by atoms with E-state index in [1.54, 1.807) is 19.2 Å². The van der Waals surface area contributed by atoms with Crippen LogP contribution in [0, 0.1) is 5.92 Å². The zero-order chi connectivity index (χ0) is 15.5. The van der Waals surface area contributed by atoms with Gasteiger partial charge in [0.15, 0.2) is 0 Å². The molecule has 0 radical (unpaired) electrons. The number of aliphatic hydroxyl groups is 1. The van der Waals surface area contributed by atoms with Crippen molar-refractivity contribution in [3.63, 3.8) is 0 Å². The number of aliphatic hydroxyl groups excluding tert-OH is 1. The number of rotatable bonds is 6. The number of sulfonamides is 1. The Kier molecular flexibility index (Phi) is 5.24. The predicted molar refractivity (Wildman–Crippen MR) is 80.7 cm³/mol. The van der Waals surface area contributed by atoms with Crippen molar-refractivity contribution < 1.29 is 18.3 Å². The molecule has 5 nitrogen and oxygen atoms in total. The molecule has 0 amide bonds. The molecular formula is C15H23NO4S. The van der Waals surface area contributed by atoms with Gasteiger partial charge >= 0.3 is 0 Å². The summed E-state index contributed by atoms with van der Waals surface area (Å²) in [5.74, 6) is 0.752. The lowest BCUT2D eigenvalue weighted by Crippen LogP contribution is -2.31. The molecule has 1 aliphatic carbocycles. The second-order valence-corrected chi connectivity index (χ2v) is 7.59. The van der Waals surface area contributed by atoms with E-state index < -0.39 is 10.0 Å². The van der Waals surface area contributed by atoms with Gasteiger partial charge in [-0.05, 0) is 36.5 Å². The van der Waals surface area contributed by atoms with E-state index in [0.29, 0.717) is 23.8 Å². The topological polar surface area (TPSA) is 66.8 Å². The van der Waals surface area contributed by atoms with Gasteiger partial charge in [-0.25, -0.2) is 12.7 Å². The van der Waals surface area contributed by atoms with Crippen LogP contribution < -0.4 is 4.74 Å². The van der Waals surface area contributed by atoms with Gasteiger partial charge in [-0.15, -0.1) is 0 Å². The fourth-order valence-corrected chi connectivity index (χ4v) is 4.29. The number of hydrogen-bond acceptors (Lipinski definition) is 4. The fraction of sp³-hybridized carbons (Fsp3) is 0.600. The molecule has 1 aliphatic rings. The molecule has 118 valence electrons. The van der Waals surface area contributed by atoms with Crippen molar-refractivity contribution in [2.24, 2.45) is 5.92 Å². The van der Waals surface area contributed by atoms with Crippen LogP contribution in [-0.2, 0) is 16.6 Å². The Morgan fingerprint density at radius 2 is 2.00 bits per heavy atom. The van der Waals surface area contributed by atoms with Gasteiger partial charge in [0.05, 0.1) is 13.7 Å². The van der Waals surface area contributed by atoms with Crippen LogP contribution in [0.15, 0.2) is 23.1 Å². The van der Waals surface area contributed by atoms with E-state index in [-0.39, 0.29) is 11.5 Å². The minimum absolute atomic E-state index is 0.122. The van der Waals surface area contributed by atoms with Crippen LogP contribution >= 0.6 is 0 Å². The highest BCUT2D eigenvalue weighted by Crippen LogP contribution is 2.30. The van der Waals surface area contributed by atoms with E-state index in [2.05, 4.69) is 0 Å². The second kappa shape index (κ2) is 6.77. The first-order valence-electron chi connectivity index (χ1n) is 7.23. The Balaban J connectivity index is 2.28. The summed E-state index contributed by atoms with van der Waals surface area (Å²) in [6.45, 7) is 0.341. The smallest absolute Gasteiger partial charge is 0.246 e. The third kappa shape index (κ3) is 3.56. The first-order chi connectivity index (χ1) is 9.98. The maximum atomic E-state index is 12.7. The maximum absolute atomic E-state index is 12.7. The lowest BCUT2D eigenvalue weighted by atomic mass is 10.1. The lowest BCUT2D eigenvalue weighted by Gasteiger charge is -2.22. The molecule has 0 aliphatic heterocycles. The molecule has 21 heavy (non-hydrogen) atoms. The van der Waals surface area contributed by atoms with Crippen molar-refractivity contribution in [2.75, 3.05) is 20.7 Å². The van der Waals surface area contributed by atoms with E-state index in [4.69, 9.17) is 4.74 Å². The summed E-state index contributed by atoms with van der Waals surface area (Å²) >= 11 is 0. The van der Waals surface area contributed by atoms with E-state index in [1.807, 2.05) is 0 Å². The molecule has 2 rings (SSSR count). The Bertz CT molecular complexity index is 579. The van der Waals surface area contributed by atoms with Gasteiger partial charge in [0.1, 0.15) is 10.6 Å². The standard InChI is InChI=1S/C15H23NO4S/c1-16(10-12-5-3-4-6-12)21(18,19)15-9-13(11-17)7-8-14(15)20-2/h7-9,12,17H,3-6,10-11H2,1-2H3. The van der Waals surface area contributed by atoms with Crippen LogP contribution in [0.1, 0.15) is 31.2 Å². The van der Waals surface area contributed by atoms with Gasteiger partial charge in [0, 0.05) is 13.6 Å². The van der Waals surface area contributed by atoms with Gasteiger partial charge in [0.25, 0.3) is 0 Å². The van der Waals surface area contributed by atoms with Gasteiger partial charge in [0.2, 0.25) is 10.0 Å². The minimum Gasteiger partial charge on any atom is -0.495 e. The van der Waals surface area contributed by atoms with E-state index in [1.165, 1.54) is 30.3 Å². The molecular weight excluding hydrogens is 290 g/mol. The second-order valence-electron chi connectivity index (χ2n) is 5.58. The molecule has 6 heteroatoms. The number of benzene rings is 1. The van der Waals surface area contributed by atoms with E-state index in [0.717, 1.165) is 12.8 Å². The highest BCUT2D eigenvalue weighted by molar-refractivity contribution is 7.89. The van der Waals surface area contributed by atoms with Crippen LogP contribution in [0.25, 0.3) is 0 Å². The van der Waals surface area contributed by atoms with Crippen molar-refractivity contribution in [1.82, 2.24) is 4.31 Å². The molecule has 0 saturated heterocycles. The highest BCUT2D eigenvalue weighted by atomic mass is 32.2. The third-order valence-electron chi connectivity index (χ3n) is 4.09. The summed E-state index contributed by atoms with van der Waals surface area (Å²) in [5.41, 5.74) is 0.559. The van der Waals surface area contributed by atoms with Crippen molar-refractivity contribution in [3.8, 4) is 5.75 Å². The zero-order valence-electron chi connectivity index (χ0n) is 12.6. The number of hydrogen-bond donors (Lipinski definition) is 1. The predicted octanol–water partition coefficient (Wildman–Crippen LogP) is 2.00. The van der Waals surface area contributed by atoms with Gasteiger partial charge < -0.3 is 9.84 Å². The molecule has 0 spiro atoms. The minimum atomic E-state index is -3.60. The van der Waals surface area contributed by atoms with Crippen LogP contribution in [0.3, 0.4) is 0 Å². The SMILES string of the molecule is COc1ccc(CO)cc1S(=O)(=O)N(C)CC1CCCC1. The largest absolute Gasteiger partial charge is 0.495 e. The lowest BCUT2D eigenvalue weighted by molar-refractivity contribution is 0.281. The van der Waals surface area contributed by atoms with Crippen molar-refractivity contribution in [3.05, 3.63) is 23.8 Å². The molecule has 1 aromatic carbocycles. The monoisotopic (exact) mass is 313 g/mol. The van der Waals surface area contributed by atoms with Gasteiger partial charge in [-0.1, -0.05) is 18.9 Å². The molecule has 1 saturated carbocycles. The molecule has 1 aromatic rings. The summed E-state index contributed by atoms with van der Waals surface area (Å²) in [6.07, 6.45) is 4.55. The summed E-state index contributed by atoms with van der Waals surface area (Å²) < 4.78 is 32.0. The zero-order valence-corrected chi connectivity index (χ0v) is 13.4. The molecule has 0 heterocycles. The fourth-order valence-electron chi connectivity index (χ4n) is 2.84. The van der Waals surface area contributed by atoms with Crippen LogP contribution in [0.2, 0.25) is 0 Å². The summed E-state index contributed by atoms with van der Waals surface area (Å²) in [6, 6.07) is 4.73. The van der Waals surface area contributed by atoms with Crippen LogP contribution in [-0.4, -0.2) is 38.5 Å². The average Bonchev–Trinajstić information content (AvgIpc) is 2.99. The summed E-state index contributed by atoms with van der Waals surface area (Å²) in [4.78, 5) is 0.122. The molecule has 0 unspecified atom stereocenters. The normalized spacial score (nSPS) is 16.6. The first kappa shape index (κ1) is 16.3. The third-order valence-corrected chi connectivity index (χ3v) is 5.93. The molecule has 0 aromatic heterocycles. The quantitative estimate of drug-likeness (QED) is 0.872.